The normalized spacial score (nSPS) is 24.3. The number of amides is 5. The van der Waals surface area contributed by atoms with Gasteiger partial charge in [0.1, 0.15) is 6.04 Å². The lowest BCUT2D eigenvalue weighted by Crippen LogP contribution is -2.58. The molecule has 48 heavy (non-hydrogen) atoms. The summed E-state index contributed by atoms with van der Waals surface area (Å²) in [5.41, 5.74) is 10.6. The number of aryl methyl sites for hydroxylation is 1. The van der Waals surface area contributed by atoms with Crippen LogP contribution in [0.15, 0.2) is 36.4 Å². The van der Waals surface area contributed by atoms with Crippen LogP contribution in [0.3, 0.4) is 0 Å². The highest BCUT2D eigenvalue weighted by molar-refractivity contribution is 6.33. The number of para-hydroxylation sites is 1. The van der Waals surface area contributed by atoms with Crippen molar-refractivity contribution in [3.8, 4) is 0 Å². The van der Waals surface area contributed by atoms with E-state index in [4.69, 9.17) is 17.3 Å². The first-order chi connectivity index (χ1) is 23.3. The van der Waals surface area contributed by atoms with Crippen molar-refractivity contribution in [1.29, 1.82) is 0 Å². The molecule has 0 aromatic heterocycles. The molecule has 4 fully saturated rings. The molecule has 2 bridgehead atoms. The number of nitrogens with one attached hydrogen (secondary N) is 3. The number of nitrogens with zero attached hydrogens (tertiary/aromatic N) is 4. The van der Waals surface area contributed by atoms with Crippen molar-refractivity contribution >= 4 is 40.9 Å². The summed E-state index contributed by atoms with van der Waals surface area (Å²) in [5, 5.41) is 10.3. The maximum Gasteiger partial charge on any atom is 0.322 e. The van der Waals surface area contributed by atoms with Gasteiger partial charge in [-0.25, -0.2) is 9.59 Å². The standard InChI is InChI=1S/C36H49ClN8O3/c1-2-24-17-23(18-30(37)33(24)38)19-32(34(46)42-12-8-28(9-13-42)45-22-26-20-29(45)21-39-26)41-35(47)43-14-10-27(11-15-43)44-16-7-25-5-3-4-6-31(25)40-36(44)48/h3-6,17-18,26-29,32,39H,2,7-16,19-22,38H2,1H3,(H,40,48)(H,41,47)/t26-,29?,32+/m0/s1. The molecule has 0 spiro atoms. The van der Waals surface area contributed by atoms with Gasteiger partial charge >= 0.3 is 12.1 Å². The molecule has 0 saturated carbocycles. The van der Waals surface area contributed by atoms with Crippen LogP contribution in [0.1, 0.15) is 55.7 Å². The molecule has 5 N–H and O–H groups in total. The second-order valence-electron chi connectivity index (χ2n) is 14.2. The molecular formula is C36H49ClN8O3. The fourth-order valence-electron chi connectivity index (χ4n) is 8.62. The molecule has 3 atom stereocenters. The first-order valence-electron chi connectivity index (χ1n) is 17.8. The number of piperidine rings is 2. The van der Waals surface area contributed by atoms with Crippen LogP contribution in [-0.4, -0.2) is 114 Å². The van der Waals surface area contributed by atoms with Crippen LogP contribution in [0.2, 0.25) is 5.02 Å². The van der Waals surface area contributed by atoms with Crippen molar-refractivity contribution < 1.29 is 14.4 Å². The number of fused-ring (bicyclic) bond motifs is 3. The third-order valence-electron chi connectivity index (χ3n) is 11.4. The molecule has 12 heteroatoms. The van der Waals surface area contributed by atoms with Crippen molar-refractivity contribution in [3.05, 3.63) is 58.1 Å². The van der Waals surface area contributed by atoms with Gasteiger partial charge in [-0.15, -0.1) is 0 Å². The van der Waals surface area contributed by atoms with Gasteiger partial charge in [-0.05, 0) is 73.8 Å². The molecular weight excluding hydrogens is 628 g/mol. The van der Waals surface area contributed by atoms with E-state index in [0.717, 1.165) is 61.2 Å². The first kappa shape index (κ1) is 33.0. The van der Waals surface area contributed by atoms with Crippen molar-refractivity contribution in [2.45, 2.75) is 88.5 Å². The van der Waals surface area contributed by atoms with E-state index in [0.29, 0.717) is 80.8 Å². The third-order valence-corrected chi connectivity index (χ3v) is 11.7. The predicted octanol–water partition coefficient (Wildman–Crippen LogP) is 3.70. The molecule has 258 valence electrons. The molecule has 5 amide bonds. The molecule has 7 rings (SSSR count). The Morgan fingerprint density at radius 1 is 1.00 bits per heavy atom. The van der Waals surface area contributed by atoms with Gasteiger partial charge < -0.3 is 36.4 Å². The maximum absolute atomic E-state index is 14.2. The van der Waals surface area contributed by atoms with Gasteiger partial charge in [0, 0.05) is 82.1 Å². The van der Waals surface area contributed by atoms with Crippen LogP contribution in [0, 0.1) is 0 Å². The molecule has 0 aliphatic carbocycles. The highest BCUT2D eigenvalue weighted by Crippen LogP contribution is 2.31. The number of likely N-dealkylation sites (tertiary alicyclic amines) is 3. The van der Waals surface area contributed by atoms with Gasteiger partial charge in [-0.2, -0.15) is 0 Å². The van der Waals surface area contributed by atoms with Gasteiger partial charge in [0.25, 0.3) is 0 Å². The summed E-state index contributed by atoms with van der Waals surface area (Å²) in [6.07, 6.45) is 6.36. The van der Waals surface area contributed by atoms with Crippen LogP contribution < -0.4 is 21.7 Å². The molecule has 5 aliphatic rings. The van der Waals surface area contributed by atoms with Gasteiger partial charge in [0.15, 0.2) is 0 Å². The lowest BCUT2D eigenvalue weighted by Gasteiger charge is -2.41. The zero-order valence-corrected chi connectivity index (χ0v) is 28.7. The highest BCUT2D eigenvalue weighted by atomic mass is 35.5. The summed E-state index contributed by atoms with van der Waals surface area (Å²) < 4.78 is 0. The largest absolute Gasteiger partial charge is 0.397 e. The number of nitrogens with two attached hydrogens (primary N) is 1. The second-order valence-corrected chi connectivity index (χ2v) is 14.6. The van der Waals surface area contributed by atoms with Crippen LogP contribution in [0.25, 0.3) is 0 Å². The lowest BCUT2D eigenvalue weighted by molar-refractivity contribution is -0.135. The zero-order valence-electron chi connectivity index (χ0n) is 27.9. The fraction of sp³-hybridized carbons (Fsp3) is 0.583. The molecule has 2 aromatic rings. The monoisotopic (exact) mass is 676 g/mol. The average Bonchev–Trinajstić information content (AvgIpc) is 3.70. The summed E-state index contributed by atoms with van der Waals surface area (Å²) in [6.45, 7) is 7.25. The smallest absolute Gasteiger partial charge is 0.322 e. The van der Waals surface area contributed by atoms with Crippen LogP contribution in [-0.2, 0) is 24.1 Å². The number of rotatable bonds is 7. The van der Waals surface area contributed by atoms with Gasteiger partial charge in [0.2, 0.25) is 5.91 Å². The third kappa shape index (κ3) is 6.82. The summed E-state index contributed by atoms with van der Waals surface area (Å²) in [7, 11) is 0. The van der Waals surface area contributed by atoms with E-state index in [1.165, 1.54) is 6.42 Å². The molecule has 5 aliphatic heterocycles. The molecule has 4 saturated heterocycles. The number of carbonyl (C=O) groups is 3. The Kier molecular flexibility index (Phi) is 9.71. The Balaban J connectivity index is 0.995. The molecule has 2 aromatic carbocycles. The SMILES string of the molecule is CCc1cc(C[C@@H](NC(=O)N2CCC(N3CCc4ccccc4NC3=O)CC2)C(=O)N2CCC(N3C[C@@H]4CC3CN4)CC2)cc(Cl)c1N. The predicted molar refractivity (Wildman–Crippen MR) is 188 cm³/mol. The minimum Gasteiger partial charge on any atom is -0.397 e. The van der Waals surface area contributed by atoms with Gasteiger partial charge in [-0.3, -0.25) is 9.69 Å². The van der Waals surface area contributed by atoms with E-state index < -0.39 is 6.04 Å². The fourth-order valence-corrected chi connectivity index (χ4v) is 8.88. The minimum atomic E-state index is -0.724. The molecule has 11 nitrogen and oxygen atoms in total. The second kappa shape index (κ2) is 14.1. The van der Waals surface area contributed by atoms with E-state index in [9.17, 15) is 14.4 Å². The number of nitrogen functional groups attached to an aromatic ring is 1. The van der Waals surface area contributed by atoms with E-state index in [1.807, 2.05) is 47.1 Å². The summed E-state index contributed by atoms with van der Waals surface area (Å²) >= 11 is 6.51. The van der Waals surface area contributed by atoms with Gasteiger partial charge in [0.05, 0.1) is 10.7 Å². The van der Waals surface area contributed by atoms with Crippen molar-refractivity contribution in [1.82, 2.24) is 30.2 Å². The Hall–Kier alpha value is -3.54. The van der Waals surface area contributed by atoms with Crippen LogP contribution in [0.5, 0.6) is 0 Å². The zero-order chi connectivity index (χ0) is 33.4. The van der Waals surface area contributed by atoms with Crippen LogP contribution >= 0.6 is 11.6 Å². The number of hydrogen-bond donors (Lipinski definition) is 4. The topological polar surface area (TPSA) is 126 Å². The summed E-state index contributed by atoms with van der Waals surface area (Å²) in [4.78, 5) is 49.4. The first-order valence-corrected chi connectivity index (χ1v) is 18.2. The lowest BCUT2D eigenvalue weighted by atomic mass is 9.98. The summed E-state index contributed by atoms with van der Waals surface area (Å²) in [5.74, 6) is -0.0481. The van der Waals surface area contributed by atoms with Gasteiger partial charge in [-0.1, -0.05) is 42.8 Å². The minimum absolute atomic E-state index is 0.0481. The highest BCUT2D eigenvalue weighted by Gasteiger charge is 2.42. The van der Waals surface area contributed by atoms with E-state index in [1.54, 1.807) is 4.90 Å². The number of piperazine rings is 1. The Labute approximate surface area is 288 Å². The quantitative estimate of drug-likeness (QED) is 0.332. The maximum atomic E-state index is 14.2. The average molecular weight is 677 g/mol. The number of hydrogen-bond acceptors (Lipinski definition) is 6. The Morgan fingerprint density at radius 2 is 1.73 bits per heavy atom. The summed E-state index contributed by atoms with van der Waals surface area (Å²) in [6, 6.07) is 12.5. The number of halogens is 1. The molecule has 0 radical (unpaired) electrons. The van der Waals surface area contributed by atoms with E-state index in [-0.39, 0.29) is 24.0 Å². The number of carbonyl (C=O) groups excluding carboxylic acids is 3. The number of benzene rings is 2. The molecule has 1 unspecified atom stereocenters. The van der Waals surface area contributed by atoms with Crippen LogP contribution in [0.4, 0.5) is 21.0 Å². The van der Waals surface area contributed by atoms with E-state index in [2.05, 4.69) is 26.9 Å². The number of anilines is 2. The molecule has 5 heterocycles. The van der Waals surface area contributed by atoms with E-state index >= 15 is 0 Å². The number of urea groups is 2. The Morgan fingerprint density at radius 3 is 2.44 bits per heavy atom. The van der Waals surface area contributed by atoms with Crippen molar-refractivity contribution in [3.63, 3.8) is 0 Å². The van der Waals surface area contributed by atoms with Crippen molar-refractivity contribution in [2.24, 2.45) is 0 Å². The van der Waals surface area contributed by atoms with Crippen molar-refractivity contribution in [2.75, 3.05) is 56.9 Å². The Bertz CT molecular complexity index is 1520.